The van der Waals surface area contributed by atoms with Crippen LogP contribution in [0.2, 0.25) is 5.02 Å². The SMILES string of the molecule is O=C(CCCSc1ccc(Cl)cc1)Nc1c(C(=O)N2CCOCC2)oc2ccccc12. The first kappa shape index (κ1) is 21.7. The zero-order valence-electron chi connectivity index (χ0n) is 16.9. The van der Waals surface area contributed by atoms with Gasteiger partial charge in [-0.1, -0.05) is 23.7 Å². The van der Waals surface area contributed by atoms with Crippen molar-refractivity contribution in [2.24, 2.45) is 0 Å². The first-order chi connectivity index (χ1) is 15.1. The van der Waals surface area contributed by atoms with E-state index >= 15 is 0 Å². The van der Waals surface area contributed by atoms with Crippen LogP contribution in [-0.4, -0.2) is 48.8 Å². The number of carbonyl (C=O) groups excluding carboxylic acids is 2. The number of hydrogen-bond acceptors (Lipinski definition) is 5. The van der Waals surface area contributed by atoms with Gasteiger partial charge in [-0.05, 0) is 48.6 Å². The first-order valence-electron chi connectivity index (χ1n) is 10.2. The highest BCUT2D eigenvalue weighted by Crippen LogP contribution is 2.32. The molecule has 1 aliphatic heterocycles. The van der Waals surface area contributed by atoms with Gasteiger partial charge in [0.15, 0.2) is 0 Å². The smallest absolute Gasteiger partial charge is 0.291 e. The molecule has 8 heteroatoms. The lowest BCUT2D eigenvalue weighted by atomic mass is 10.2. The average molecular weight is 459 g/mol. The number of furan rings is 1. The van der Waals surface area contributed by atoms with Crippen molar-refractivity contribution < 1.29 is 18.7 Å². The van der Waals surface area contributed by atoms with Crippen molar-refractivity contribution in [3.63, 3.8) is 0 Å². The number of ether oxygens (including phenoxy) is 1. The molecule has 0 aliphatic carbocycles. The van der Waals surface area contributed by atoms with Gasteiger partial charge < -0.3 is 19.4 Å². The van der Waals surface area contributed by atoms with E-state index in [-0.39, 0.29) is 17.6 Å². The van der Waals surface area contributed by atoms with Crippen LogP contribution in [-0.2, 0) is 9.53 Å². The summed E-state index contributed by atoms with van der Waals surface area (Å²) in [7, 11) is 0. The molecule has 3 aromatic rings. The number of nitrogens with zero attached hydrogens (tertiary/aromatic N) is 1. The van der Waals surface area contributed by atoms with Gasteiger partial charge in [0.2, 0.25) is 11.7 Å². The van der Waals surface area contributed by atoms with E-state index in [9.17, 15) is 9.59 Å². The summed E-state index contributed by atoms with van der Waals surface area (Å²) in [4.78, 5) is 28.5. The Labute approximate surface area is 189 Å². The third kappa shape index (κ3) is 5.42. The molecule has 2 aromatic carbocycles. The monoisotopic (exact) mass is 458 g/mol. The highest BCUT2D eigenvalue weighted by Gasteiger charge is 2.27. The van der Waals surface area contributed by atoms with Crippen LogP contribution in [0.15, 0.2) is 57.8 Å². The fraction of sp³-hybridized carbons (Fsp3) is 0.304. The number of halogens is 1. The number of hydrogen-bond donors (Lipinski definition) is 1. The number of anilines is 1. The Kier molecular flexibility index (Phi) is 7.17. The van der Waals surface area contributed by atoms with E-state index in [0.717, 1.165) is 16.0 Å². The summed E-state index contributed by atoms with van der Waals surface area (Å²) in [5.74, 6) is 0.611. The summed E-state index contributed by atoms with van der Waals surface area (Å²) in [6.07, 6.45) is 1.06. The summed E-state index contributed by atoms with van der Waals surface area (Å²) < 4.78 is 11.2. The molecule has 1 fully saturated rings. The molecular weight excluding hydrogens is 436 g/mol. The zero-order valence-corrected chi connectivity index (χ0v) is 18.5. The van der Waals surface area contributed by atoms with Crippen molar-refractivity contribution in [2.75, 3.05) is 37.4 Å². The van der Waals surface area contributed by atoms with Crippen molar-refractivity contribution in [3.8, 4) is 0 Å². The van der Waals surface area contributed by atoms with Crippen LogP contribution < -0.4 is 5.32 Å². The van der Waals surface area contributed by atoms with Crippen LogP contribution in [0.5, 0.6) is 0 Å². The maximum atomic E-state index is 13.0. The molecule has 1 aromatic heterocycles. The van der Waals surface area contributed by atoms with Crippen LogP contribution in [0.3, 0.4) is 0 Å². The summed E-state index contributed by atoms with van der Waals surface area (Å²) in [5, 5.41) is 4.35. The summed E-state index contributed by atoms with van der Waals surface area (Å²) in [6, 6.07) is 15.0. The second-order valence-electron chi connectivity index (χ2n) is 7.16. The highest BCUT2D eigenvalue weighted by atomic mass is 35.5. The lowest BCUT2D eigenvalue weighted by Gasteiger charge is -2.26. The molecular formula is C23H23ClN2O4S. The predicted molar refractivity (Wildman–Crippen MR) is 123 cm³/mol. The van der Waals surface area contributed by atoms with Crippen LogP contribution in [0, 0.1) is 0 Å². The molecule has 0 spiro atoms. The number of morpholine rings is 1. The molecule has 6 nitrogen and oxygen atoms in total. The van der Waals surface area contributed by atoms with E-state index in [2.05, 4.69) is 5.32 Å². The van der Waals surface area contributed by atoms with Crippen molar-refractivity contribution in [3.05, 3.63) is 59.3 Å². The summed E-state index contributed by atoms with van der Waals surface area (Å²) in [6.45, 7) is 2.01. The number of amides is 2. The Bertz CT molecular complexity index is 1060. The molecule has 162 valence electrons. The fourth-order valence-corrected chi connectivity index (χ4v) is 4.36. The third-order valence-electron chi connectivity index (χ3n) is 4.98. The number of para-hydroxylation sites is 1. The molecule has 4 rings (SSSR count). The van der Waals surface area contributed by atoms with Crippen molar-refractivity contribution in [2.45, 2.75) is 17.7 Å². The molecule has 1 aliphatic rings. The molecule has 1 saturated heterocycles. The van der Waals surface area contributed by atoms with Gasteiger partial charge in [-0.15, -0.1) is 11.8 Å². The topological polar surface area (TPSA) is 71.8 Å². The van der Waals surface area contributed by atoms with Crippen molar-refractivity contribution >= 4 is 51.8 Å². The molecule has 1 N–H and O–H groups in total. The standard InChI is InChI=1S/C23H23ClN2O4S/c24-16-7-9-17(10-8-16)31-15-3-6-20(27)25-21-18-4-1-2-5-19(18)30-22(21)23(28)26-11-13-29-14-12-26/h1-2,4-5,7-10H,3,6,11-15H2,(H,25,27). The summed E-state index contributed by atoms with van der Waals surface area (Å²) >= 11 is 7.58. The van der Waals surface area contributed by atoms with Crippen molar-refractivity contribution in [1.29, 1.82) is 0 Å². The normalized spacial score (nSPS) is 14.0. The quantitative estimate of drug-likeness (QED) is 0.395. The predicted octanol–water partition coefficient (Wildman–Crippen LogP) is 5.07. The van der Waals surface area contributed by atoms with Gasteiger partial charge in [0.1, 0.15) is 11.3 Å². The van der Waals surface area contributed by atoms with E-state index in [1.807, 2.05) is 42.5 Å². The molecule has 0 unspecified atom stereocenters. The zero-order chi connectivity index (χ0) is 21.6. The Balaban J connectivity index is 1.41. The number of thioether (sulfide) groups is 1. The molecule has 0 atom stereocenters. The molecule has 0 saturated carbocycles. The number of nitrogens with one attached hydrogen (secondary N) is 1. The Morgan fingerprint density at radius 2 is 1.81 bits per heavy atom. The molecule has 31 heavy (non-hydrogen) atoms. The van der Waals surface area contributed by atoms with E-state index in [1.165, 1.54) is 0 Å². The maximum Gasteiger partial charge on any atom is 0.291 e. The van der Waals surface area contributed by atoms with Crippen LogP contribution >= 0.6 is 23.4 Å². The van der Waals surface area contributed by atoms with Crippen LogP contribution in [0.25, 0.3) is 11.0 Å². The minimum atomic E-state index is -0.229. The van der Waals surface area contributed by atoms with E-state index in [1.54, 1.807) is 22.7 Å². The van der Waals surface area contributed by atoms with Gasteiger partial charge >= 0.3 is 0 Å². The largest absolute Gasteiger partial charge is 0.449 e. The van der Waals surface area contributed by atoms with Gasteiger partial charge in [0, 0.05) is 34.8 Å². The fourth-order valence-electron chi connectivity index (χ4n) is 3.39. The number of carbonyl (C=O) groups is 2. The highest BCUT2D eigenvalue weighted by molar-refractivity contribution is 7.99. The minimum absolute atomic E-state index is 0.140. The van der Waals surface area contributed by atoms with E-state index in [4.69, 9.17) is 20.8 Å². The molecule has 2 amide bonds. The lowest BCUT2D eigenvalue weighted by Crippen LogP contribution is -2.40. The van der Waals surface area contributed by atoms with Crippen LogP contribution in [0.4, 0.5) is 5.69 Å². The second-order valence-corrected chi connectivity index (χ2v) is 8.77. The van der Waals surface area contributed by atoms with Gasteiger partial charge in [0.05, 0.1) is 13.2 Å². The number of benzene rings is 2. The Hall–Kier alpha value is -2.48. The Morgan fingerprint density at radius 1 is 1.06 bits per heavy atom. The van der Waals surface area contributed by atoms with Gasteiger partial charge in [-0.2, -0.15) is 0 Å². The number of rotatable bonds is 7. The lowest BCUT2D eigenvalue weighted by molar-refractivity contribution is -0.116. The molecule has 2 heterocycles. The van der Waals surface area contributed by atoms with Gasteiger partial charge in [-0.25, -0.2) is 0 Å². The minimum Gasteiger partial charge on any atom is -0.449 e. The van der Waals surface area contributed by atoms with Crippen molar-refractivity contribution in [1.82, 2.24) is 4.90 Å². The average Bonchev–Trinajstić information content (AvgIpc) is 3.16. The maximum absolute atomic E-state index is 13.0. The van der Waals surface area contributed by atoms with E-state index in [0.29, 0.717) is 55.4 Å². The summed E-state index contributed by atoms with van der Waals surface area (Å²) in [5.41, 5.74) is 1.02. The van der Waals surface area contributed by atoms with Gasteiger partial charge in [-0.3, -0.25) is 9.59 Å². The van der Waals surface area contributed by atoms with Gasteiger partial charge in [0.25, 0.3) is 5.91 Å². The Morgan fingerprint density at radius 3 is 2.58 bits per heavy atom. The van der Waals surface area contributed by atoms with Crippen LogP contribution in [0.1, 0.15) is 23.4 Å². The first-order valence-corrected chi connectivity index (χ1v) is 11.5. The van der Waals surface area contributed by atoms with E-state index < -0.39 is 0 Å². The molecule has 0 radical (unpaired) electrons. The number of fused-ring (bicyclic) bond motifs is 1. The molecule has 0 bridgehead atoms. The second kappa shape index (κ2) is 10.2. The third-order valence-corrected chi connectivity index (χ3v) is 6.33.